The quantitative estimate of drug-likeness (QED) is 0.751. The molecule has 1 amide bonds. The number of nitrogens with zero attached hydrogens (tertiary/aromatic N) is 1. The standard InChI is InChI=1S/C20H29ClN2O4S/c1-2-27-19-11-10-17(13-18(19)21)28(25,26)23-12-6-7-15(14-23)20(24)22-16-8-4-3-5-9-16/h10-11,13,15-16H,2-9,12,14H2,1H3,(H,22,24)/t15-/m1/s1. The number of piperidine rings is 1. The average molecular weight is 429 g/mol. The maximum Gasteiger partial charge on any atom is 0.243 e. The van der Waals surface area contributed by atoms with Crippen LogP contribution in [0.25, 0.3) is 0 Å². The molecular weight excluding hydrogens is 400 g/mol. The molecule has 28 heavy (non-hydrogen) atoms. The van der Waals surface area contributed by atoms with Gasteiger partial charge in [-0.2, -0.15) is 4.31 Å². The first-order chi connectivity index (χ1) is 13.4. The lowest BCUT2D eigenvalue weighted by Crippen LogP contribution is -2.47. The number of ether oxygens (including phenoxy) is 1. The Kier molecular flexibility index (Phi) is 7.23. The fraction of sp³-hybridized carbons (Fsp3) is 0.650. The zero-order chi connectivity index (χ0) is 20.1. The van der Waals surface area contributed by atoms with Crippen molar-refractivity contribution >= 4 is 27.5 Å². The number of amides is 1. The van der Waals surface area contributed by atoms with E-state index in [1.807, 2.05) is 6.92 Å². The van der Waals surface area contributed by atoms with Crippen LogP contribution in [0.1, 0.15) is 51.9 Å². The van der Waals surface area contributed by atoms with E-state index in [2.05, 4.69) is 5.32 Å². The Hall–Kier alpha value is -1.31. The van der Waals surface area contributed by atoms with Gasteiger partial charge in [-0.05, 0) is 50.8 Å². The molecule has 0 bridgehead atoms. The highest BCUT2D eigenvalue weighted by Gasteiger charge is 2.34. The Morgan fingerprint density at radius 2 is 1.96 bits per heavy atom. The number of nitrogens with one attached hydrogen (secondary N) is 1. The summed E-state index contributed by atoms with van der Waals surface area (Å²) >= 11 is 6.17. The Labute approximate surface area is 172 Å². The lowest BCUT2D eigenvalue weighted by molar-refractivity contribution is -0.127. The molecule has 1 aromatic carbocycles. The molecule has 156 valence electrons. The summed E-state index contributed by atoms with van der Waals surface area (Å²) in [7, 11) is -3.70. The van der Waals surface area contributed by atoms with Gasteiger partial charge in [-0.1, -0.05) is 30.9 Å². The molecule has 8 heteroatoms. The predicted molar refractivity (Wildman–Crippen MR) is 109 cm³/mol. The smallest absolute Gasteiger partial charge is 0.243 e. The van der Waals surface area contributed by atoms with Crippen molar-refractivity contribution < 1.29 is 17.9 Å². The first-order valence-electron chi connectivity index (χ1n) is 10.1. The van der Waals surface area contributed by atoms with Crippen molar-refractivity contribution in [3.63, 3.8) is 0 Å². The van der Waals surface area contributed by atoms with Gasteiger partial charge in [0.05, 0.1) is 22.4 Å². The maximum absolute atomic E-state index is 13.1. The monoisotopic (exact) mass is 428 g/mol. The van der Waals surface area contributed by atoms with Crippen molar-refractivity contribution in [3.05, 3.63) is 23.2 Å². The number of carbonyl (C=O) groups is 1. The number of sulfonamides is 1. The van der Waals surface area contributed by atoms with E-state index >= 15 is 0 Å². The van der Waals surface area contributed by atoms with Gasteiger partial charge in [-0.15, -0.1) is 0 Å². The molecule has 0 unspecified atom stereocenters. The Balaban J connectivity index is 1.68. The summed E-state index contributed by atoms with van der Waals surface area (Å²) in [5.41, 5.74) is 0. The van der Waals surface area contributed by atoms with Crippen LogP contribution in [0.2, 0.25) is 5.02 Å². The molecule has 1 atom stereocenters. The second-order valence-electron chi connectivity index (χ2n) is 7.57. The first kappa shape index (κ1) is 21.4. The van der Waals surface area contributed by atoms with Crippen molar-refractivity contribution in [2.24, 2.45) is 5.92 Å². The number of halogens is 1. The van der Waals surface area contributed by atoms with Gasteiger partial charge in [0.2, 0.25) is 15.9 Å². The summed E-state index contributed by atoms with van der Waals surface area (Å²) in [6.45, 7) is 2.93. The highest BCUT2D eigenvalue weighted by molar-refractivity contribution is 7.89. The fourth-order valence-electron chi connectivity index (χ4n) is 4.00. The van der Waals surface area contributed by atoms with Crippen molar-refractivity contribution in [2.45, 2.75) is 62.8 Å². The van der Waals surface area contributed by atoms with Crippen LogP contribution in [0.15, 0.2) is 23.1 Å². The molecule has 0 aromatic heterocycles. The normalized spacial score (nSPS) is 22.0. The summed E-state index contributed by atoms with van der Waals surface area (Å²) in [6, 6.07) is 4.75. The van der Waals surface area contributed by atoms with Crippen molar-refractivity contribution in [1.82, 2.24) is 9.62 Å². The minimum Gasteiger partial charge on any atom is -0.492 e. The van der Waals surface area contributed by atoms with Gasteiger partial charge in [-0.3, -0.25) is 4.79 Å². The second-order valence-corrected chi connectivity index (χ2v) is 9.92. The molecule has 0 spiro atoms. The molecule has 3 rings (SSSR count). The summed E-state index contributed by atoms with van der Waals surface area (Å²) in [6.07, 6.45) is 6.95. The van der Waals surface area contributed by atoms with Crippen LogP contribution in [-0.2, 0) is 14.8 Å². The highest BCUT2D eigenvalue weighted by Crippen LogP contribution is 2.30. The van der Waals surface area contributed by atoms with E-state index in [0.29, 0.717) is 31.7 Å². The van der Waals surface area contributed by atoms with Crippen LogP contribution in [0.3, 0.4) is 0 Å². The Bertz CT molecular complexity index is 793. The third-order valence-electron chi connectivity index (χ3n) is 5.55. The molecular formula is C20H29ClN2O4S. The van der Waals surface area contributed by atoms with E-state index in [4.69, 9.17) is 16.3 Å². The van der Waals surface area contributed by atoms with Gasteiger partial charge >= 0.3 is 0 Å². The van der Waals surface area contributed by atoms with Crippen LogP contribution >= 0.6 is 11.6 Å². The molecule has 1 aromatic rings. The fourth-order valence-corrected chi connectivity index (χ4v) is 5.85. The Morgan fingerprint density at radius 3 is 2.64 bits per heavy atom. The summed E-state index contributed by atoms with van der Waals surface area (Å²) in [5, 5.41) is 3.40. The number of hydrogen-bond donors (Lipinski definition) is 1. The molecule has 1 N–H and O–H groups in total. The summed E-state index contributed by atoms with van der Waals surface area (Å²) < 4.78 is 32.9. The van der Waals surface area contributed by atoms with Crippen LogP contribution in [0.5, 0.6) is 5.75 Å². The van der Waals surface area contributed by atoms with Crippen molar-refractivity contribution in [3.8, 4) is 5.75 Å². The largest absolute Gasteiger partial charge is 0.492 e. The van der Waals surface area contributed by atoms with E-state index in [1.54, 1.807) is 6.07 Å². The van der Waals surface area contributed by atoms with Crippen molar-refractivity contribution in [2.75, 3.05) is 19.7 Å². The van der Waals surface area contributed by atoms with E-state index in [-0.39, 0.29) is 34.3 Å². The molecule has 2 fully saturated rings. The molecule has 1 aliphatic heterocycles. The predicted octanol–water partition coefficient (Wildman–Crippen LogP) is 3.59. The number of rotatable bonds is 6. The molecule has 1 aliphatic carbocycles. The number of carbonyl (C=O) groups excluding carboxylic acids is 1. The number of benzene rings is 1. The van der Waals surface area contributed by atoms with Crippen LogP contribution in [-0.4, -0.2) is 44.4 Å². The lowest BCUT2D eigenvalue weighted by atomic mass is 9.93. The van der Waals surface area contributed by atoms with E-state index < -0.39 is 10.0 Å². The Morgan fingerprint density at radius 1 is 1.21 bits per heavy atom. The van der Waals surface area contributed by atoms with Gasteiger partial charge in [0.15, 0.2) is 0 Å². The van der Waals surface area contributed by atoms with E-state index in [0.717, 1.165) is 25.7 Å². The third kappa shape index (κ3) is 4.99. The van der Waals surface area contributed by atoms with Gasteiger partial charge in [0.1, 0.15) is 5.75 Å². The highest BCUT2D eigenvalue weighted by atomic mass is 35.5. The van der Waals surface area contributed by atoms with Crippen LogP contribution < -0.4 is 10.1 Å². The average Bonchev–Trinajstić information content (AvgIpc) is 2.70. The first-order valence-corrected chi connectivity index (χ1v) is 12.0. The van der Waals surface area contributed by atoms with Crippen LogP contribution in [0.4, 0.5) is 0 Å². The lowest BCUT2D eigenvalue weighted by Gasteiger charge is -2.32. The number of hydrogen-bond acceptors (Lipinski definition) is 4. The van der Waals surface area contributed by atoms with Gasteiger partial charge in [0.25, 0.3) is 0 Å². The van der Waals surface area contributed by atoms with Gasteiger partial charge in [0, 0.05) is 19.1 Å². The second kappa shape index (κ2) is 9.46. The molecule has 1 heterocycles. The zero-order valence-corrected chi connectivity index (χ0v) is 17.9. The van der Waals surface area contributed by atoms with E-state index in [1.165, 1.54) is 22.9 Å². The molecule has 1 saturated heterocycles. The third-order valence-corrected chi connectivity index (χ3v) is 7.70. The van der Waals surface area contributed by atoms with Crippen LogP contribution in [0, 0.1) is 5.92 Å². The SMILES string of the molecule is CCOc1ccc(S(=O)(=O)N2CCC[C@@H](C(=O)NC3CCCCC3)C2)cc1Cl. The summed E-state index contributed by atoms with van der Waals surface area (Å²) in [5.74, 6) is 0.145. The zero-order valence-electron chi connectivity index (χ0n) is 16.3. The van der Waals surface area contributed by atoms with Gasteiger partial charge in [-0.25, -0.2) is 8.42 Å². The summed E-state index contributed by atoms with van der Waals surface area (Å²) in [4.78, 5) is 12.8. The molecule has 6 nitrogen and oxygen atoms in total. The molecule has 0 radical (unpaired) electrons. The van der Waals surface area contributed by atoms with Gasteiger partial charge < -0.3 is 10.1 Å². The maximum atomic E-state index is 13.1. The minimum absolute atomic E-state index is 0.0171. The van der Waals surface area contributed by atoms with E-state index in [9.17, 15) is 13.2 Å². The minimum atomic E-state index is -3.70. The topological polar surface area (TPSA) is 75.7 Å². The molecule has 1 saturated carbocycles. The molecule has 2 aliphatic rings. The van der Waals surface area contributed by atoms with Crippen molar-refractivity contribution in [1.29, 1.82) is 0 Å².